The number of nitrogens with one attached hydrogen (secondary N) is 1. The molecule has 1 rings (SSSR count). The highest BCUT2D eigenvalue weighted by Gasteiger charge is 2.17. The average Bonchev–Trinajstić information content (AvgIpc) is 2.76. The van der Waals surface area contributed by atoms with E-state index in [1.165, 1.54) is 12.3 Å². The summed E-state index contributed by atoms with van der Waals surface area (Å²) in [6, 6.07) is 0.740. The van der Waals surface area contributed by atoms with Crippen molar-refractivity contribution < 1.29 is 19.6 Å². The van der Waals surface area contributed by atoms with Gasteiger partial charge in [-0.05, 0) is 11.3 Å². The van der Waals surface area contributed by atoms with E-state index in [4.69, 9.17) is 5.11 Å². The Hall–Kier alpha value is -2.45. The summed E-state index contributed by atoms with van der Waals surface area (Å²) in [7, 11) is 0. The number of carboxylic acid groups (broad SMARTS) is 1. The maximum absolute atomic E-state index is 11.7. The van der Waals surface area contributed by atoms with Crippen LogP contribution in [0.2, 0.25) is 0 Å². The van der Waals surface area contributed by atoms with Gasteiger partial charge in [0, 0.05) is 6.04 Å². The quantitative estimate of drug-likeness (QED) is 0.530. The van der Waals surface area contributed by atoms with Crippen LogP contribution in [0.5, 0.6) is 0 Å². The third kappa shape index (κ3) is 5.04. The highest BCUT2D eigenvalue weighted by molar-refractivity contribution is 5.77. The maximum Gasteiger partial charge on any atom is 0.389 e. The third-order valence-electron chi connectivity index (χ3n) is 2.54. The largest absolute Gasteiger partial charge is 0.481 e. The molecule has 1 amide bonds. The van der Waals surface area contributed by atoms with Gasteiger partial charge in [-0.3, -0.25) is 9.59 Å². The van der Waals surface area contributed by atoms with Gasteiger partial charge in [0.2, 0.25) is 5.91 Å². The molecular formula is C11H16N4O5. The molecule has 0 aliphatic rings. The van der Waals surface area contributed by atoms with Crippen molar-refractivity contribution in [3.63, 3.8) is 0 Å². The molecule has 9 heteroatoms. The maximum atomic E-state index is 11.7. The van der Waals surface area contributed by atoms with Crippen molar-refractivity contribution in [3.8, 4) is 0 Å². The van der Waals surface area contributed by atoms with Gasteiger partial charge in [-0.2, -0.15) is 4.68 Å². The topological polar surface area (TPSA) is 127 Å². The summed E-state index contributed by atoms with van der Waals surface area (Å²) in [5.74, 6) is -1.75. The summed E-state index contributed by atoms with van der Waals surface area (Å²) < 4.78 is 1.14. The molecule has 0 spiro atoms. The molecule has 1 atom stereocenters. The van der Waals surface area contributed by atoms with Gasteiger partial charge in [-0.25, -0.2) is 0 Å². The second kappa shape index (κ2) is 7.22. The number of nitro groups is 1. The molecule has 2 N–H and O–H groups in total. The Morgan fingerprint density at radius 1 is 1.60 bits per heavy atom. The van der Waals surface area contributed by atoms with Crippen LogP contribution in [0.3, 0.4) is 0 Å². The second-order valence-electron chi connectivity index (χ2n) is 4.28. The van der Waals surface area contributed by atoms with Crippen molar-refractivity contribution in [1.82, 2.24) is 15.1 Å². The lowest BCUT2D eigenvalue weighted by Gasteiger charge is -2.15. The Kier molecular flexibility index (Phi) is 5.63. The third-order valence-corrected chi connectivity index (χ3v) is 2.54. The molecule has 1 unspecified atom stereocenters. The van der Waals surface area contributed by atoms with Crippen molar-refractivity contribution >= 4 is 17.7 Å². The molecule has 0 radical (unpaired) electrons. The van der Waals surface area contributed by atoms with Crippen LogP contribution >= 0.6 is 0 Å². The second-order valence-corrected chi connectivity index (χ2v) is 4.28. The minimum Gasteiger partial charge on any atom is -0.481 e. The Morgan fingerprint density at radius 2 is 2.30 bits per heavy atom. The molecule has 110 valence electrons. The monoisotopic (exact) mass is 284 g/mol. The van der Waals surface area contributed by atoms with Crippen LogP contribution in [-0.2, 0) is 16.1 Å². The van der Waals surface area contributed by atoms with E-state index in [1.54, 1.807) is 0 Å². The fourth-order valence-corrected chi connectivity index (χ4v) is 1.74. The number of amides is 1. The molecule has 0 saturated carbocycles. The first kappa shape index (κ1) is 15.6. The number of nitrogens with zero attached hydrogens (tertiary/aromatic N) is 3. The molecule has 1 aromatic heterocycles. The van der Waals surface area contributed by atoms with E-state index in [0.717, 1.165) is 11.1 Å². The number of hydrogen-bond acceptors (Lipinski definition) is 5. The van der Waals surface area contributed by atoms with E-state index in [0.29, 0.717) is 6.42 Å². The van der Waals surface area contributed by atoms with Crippen LogP contribution in [0.15, 0.2) is 12.3 Å². The van der Waals surface area contributed by atoms with Crippen LogP contribution in [0, 0.1) is 10.1 Å². The van der Waals surface area contributed by atoms with E-state index in [2.05, 4.69) is 10.4 Å². The van der Waals surface area contributed by atoms with Crippen molar-refractivity contribution in [3.05, 3.63) is 22.4 Å². The normalized spacial score (nSPS) is 11.8. The molecule has 0 saturated heterocycles. The van der Waals surface area contributed by atoms with Crippen molar-refractivity contribution in [1.29, 1.82) is 0 Å². The van der Waals surface area contributed by atoms with Crippen LogP contribution in [0.4, 0.5) is 5.82 Å². The predicted molar refractivity (Wildman–Crippen MR) is 68.0 cm³/mol. The fraction of sp³-hybridized carbons (Fsp3) is 0.545. The Bertz CT molecular complexity index is 499. The van der Waals surface area contributed by atoms with Crippen LogP contribution in [0.25, 0.3) is 0 Å². The smallest absolute Gasteiger partial charge is 0.389 e. The summed E-state index contributed by atoms with van der Waals surface area (Å²) in [5, 5.41) is 25.4. The lowest BCUT2D eigenvalue weighted by molar-refractivity contribution is -0.389. The van der Waals surface area contributed by atoms with Crippen LogP contribution < -0.4 is 5.32 Å². The molecule has 9 nitrogen and oxygen atoms in total. The zero-order valence-electron chi connectivity index (χ0n) is 11.0. The molecule has 1 heterocycles. The summed E-state index contributed by atoms with van der Waals surface area (Å²) >= 11 is 0. The molecule has 20 heavy (non-hydrogen) atoms. The van der Waals surface area contributed by atoms with Gasteiger partial charge in [0.1, 0.15) is 6.54 Å². The highest BCUT2D eigenvalue weighted by atomic mass is 16.6. The van der Waals surface area contributed by atoms with Gasteiger partial charge in [0.15, 0.2) is 0 Å². The molecular weight excluding hydrogens is 268 g/mol. The van der Waals surface area contributed by atoms with Crippen molar-refractivity contribution in [2.24, 2.45) is 0 Å². The molecule has 0 bridgehead atoms. The predicted octanol–water partition coefficient (Wildman–Crippen LogP) is 0.551. The molecule has 1 aromatic rings. The number of aromatic nitrogens is 2. The van der Waals surface area contributed by atoms with E-state index in [1.807, 2.05) is 6.92 Å². The molecule has 0 fully saturated rings. The number of carbonyl (C=O) groups excluding carboxylic acids is 1. The molecule has 0 aliphatic carbocycles. The van der Waals surface area contributed by atoms with Gasteiger partial charge in [0.05, 0.1) is 23.8 Å². The van der Waals surface area contributed by atoms with E-state index < -0.39 is 22.8 Å². The first-order chi connectivity index (χ1) is 9.42. The minimum absolute atomic E-state index is 0.154. The summed E-state index contributed by atoms with van der Waals surface area (Å²) in [6.45, 7) is 1.70. The Balaban J connectivity index is 2.55. The van der Waals surface area contributed by atoms with Gasteiger partial charge >= 0.3 is 11.8 Å². The van der Waals surface area contributed by atoms with E-state index >= 15 is 0 Å². The van der Waals surface area contributed by atoms with Crippen LogP contribution in [-0.4, -0.2) is 37.7 Å². The Morgan fingerprint density at radius 3 is 2.80 bits per heavy atom. The number of aliphatic carboxylic acids is 1. The Labute approximate surface area is 114 Å². The number of rotatable bonds is 8. The zero-order chi connectivity index (χ0) is 15.1. The average molecular weight is 284 g/mol. The first-order valence-electron chi connectivity index (χ1n) is 6.11. The summed E-state index contributed by atoms with van der Waals surface area (Å²) in [4.78, 5) is 32.2. The van der Waals surface area contributed by atoms with Gasteiger partial charge < -0.3 is 20.5 Å². The van der Waals surface area contributed by atoms with Crippen molar-refractivity contribution in [2.75, 3.05) is 0 Å². The first-order valence-corrected chi connectivity index (χ1v) is 6.11. The highest BCUT2D eigenvalue weighted by Crippen LogP contribution is 2.06. The van der Waals surface area contributed by atoms with Crippen LogP contribution in [0.1, 0.15) is 26.2 Å². The lowest BCUT2D eigenvalue weighted by Crippen LogP contribution is -2.38. The standard InChI is InChI=1S/C11H16N4O5/c1-2-3-8(6-11(17)18)12-10(16)7-14-5-4-9(13-14)15(19)20/h4-5,8H,2-3,6-7H2,1H3,(H,12,16)(H,17,18). The summed E-state index contributed by atoms with van der Waals surface area (Å²) in [6.07, 6.45) is 2.46. The fourth-order valence-electron chi connectivity index (χ4n) is 1.74. The van der Waals surface area contributed by atoms with Gasteiger partial charge in [0.25, 0.3) is 0 Å². The lowest BCUT2D eigenvalue weighted by atomic mass is 10.1. The molecule has 0 aliphatic heterocycles. The SMILES string of the molecule is CCCC(CC(=O)O)NC(=O)Cn1ccc([N+](=O)[O-])n1. The van der Waals surface area contributed by atoms with Gasteiger partial charge in [-0.15, -0.1) is 0 Å². The zero-order valence-corrected chi connectivity index (χ0v) is 11.0. The number of carboxylic acids is 1. The number of carbonyl (C=O) groups is 2. The van der Waals surface area contributed by atoms with E-state index in [-0.39, 0.29) is 18.8 Å². The van der Waals surface area contributed by atoms with E-state index in [9.17, 15) is 19.7 Å². The molecule has 0 aromatic carbocycles. The van der Waals surface area contributed by atoms with Crippen molar-refractivity contribution in [2.45, 2.75) is 38.8 Å². The number of hydrogen-bond donors (Lipinski definition) is 2. The van der Waals surface area contributed by atoms with Gasteiger partial charge in [-0.1, -0.05) is 13.3 Å². The summed E-state index contributed by atoms with van der Waals surface area (Å²) in [5.41, 5.74) is 0. The minimum atomic E-state index is -0.988.